The number of rotatable bonds is 9. The molecule has 0 spiro atoms. The van der Waals surface area contributed by atoms with Crippen molar-refractivity contribution in [3.8, 4) is 0 Å². The van der Waals surface area contributed by atoms with Crippen molar-refractivity contribution >= 4 is 11.6 Å². The molecule has 184 valence electrons. The number of piperazine rings is 1. The van der Waals surface area contributed by atoms with Gasteiger partial charge in [0.25, 0.3) is 0 Å². The fourth-order valence-electron chi connectivity index (χ4n) is 5.57. The summed E-state index contributed by atoms with van der Waals surface area (Å²) >= 11 is 0. The molecule has 0 bridgehead atoms. The van der Waals surface area contributed by atoms with Crippen LogP contribution in [0.1, 0.15) is 31.0 Å². The van der Waals surface area contributed by atoms with Crippen molar-refractivity contribution in [3.05, 3.63) is 102 Å². The van der Waals surface area contributed by atoms with E-state index in [2.05, 4.69) is 72.5 Å². The standard InChI is InChI=1S/C30H39N4O/c1-3-33(27-18-12-7-13-19-27)30(35)28(31)24-32-20-22-34(4-2,23-21-32)29(25-14-8-5-9-15-25)26-16-10-6-11-17-26/h5-19,28-29H,3-4,20-24,31H2,1-2H3/q+1. The van der Waals surface area contributed by atoms with Gasteiger partial charge in [0.05, 0.1) is 25.7 Å². The highest BCUT2D eigenvalue weighted by molar-refractivity contribution is 5.97. The third-order valence-corrected chi connectivity index (χ3v) is 7.55. The Morgan fingerprint density at radius 3 is 1.80 bits per heavy atom. The van der Waals surface area contributed by atoms with E-state index in [-0.39, 0.29) is 5.91 Å². The van der Waals surface area contributed by atoms with Crippen LogP contribution in [0, 0.1) is 0 Å². The molecule has 2 N–H and O–H groups in total. The molecule has 0 radical (unpaired) electrons. The molecule has 3 aromatic carbocycles. The quantitative estimate of drug-likeness (QED) is 0.473. The zero-order chi connectivity index (χ0) is 24.7. The third-order valence-electron chi connectivity index (χ3n) is 7.55. The van der Waals surface area contributed by atoms with E-state index in [4.69, 9.17) is 5.73 Å². The van der Waals surface area contributed by atoms with E-state index in [0.29, 0.717) is 19.1 Å². The van der Waals surface area contributed by atoms with Gasteiger partial charge in [-0.1, -0.05) is 78.9 Å². The van der Waals surface area contributed by atoms with Crippen molar-refractivity contribution in [2.24, 2.45) is 5.73 Å². The second kappa shape index (κ2) is 11.6. The second-order valence-electron chi connectivity index (χ2n) is 9.53. The molecule has 1 heterocycles. The summed E-state index contributed by atoms with van der Waals surface area (Å²) in [5.74, 6) is -0.00744. The maximum Gasteiger partial charge on any atom is 0.245 e. The first-order valence-electron chi connectivity index (χ1n) is 12.9. The smallest absolute Gasteiger partial charge is 0.245 e. The summed E-state index contributed by atoms with van der Waals surface area (Å²) in [5, 5.41) is 0. The lowest BCUT2D eigenvalue weighted by Gasteiger charge is -2.49. The van der Waals surface area contributed by atoms with E-state index < -0.39 is 6.04 Å². The number of benzene rings is 3. The summed E-state index contributed by atoms with van der Waals surface area (Å²) in [6.07, 6.45) is 0. The van der Waals surface area contributed by atoms with Gasteiger partial charge in [-0.25, -0.2) is 0 Å². The zero-order valence-corrected chi connectivity index (χ0v) is 21.1. The van der Waals surface area contributed by atoms with Gasteiger partial charge in [0.2, 0.25) is 5.91 Å². The van der Waals surface area contributed by atoms with Crippen LogP contribution in [0.3, 0.4) is 0 Å². The average molecular weight is 472 g/mol. The highest BCUT2D eigenvalue weighted by Gasteiger charge is 2.41. The summed E-state index contributed by atoms with van der Waals surface area (Å²) in [6.45, 7) is 10.5. The lowest BCUT2D eigenvalue weighted by molar-refractivity contribution is -0.953. The summed E-state index contributed by atoms with van der Waals surface area (Å²) < 4.78 is 1.01. The second-order valence-corrected chi connectivity index (χ2v) is 9.53. The molecule has 35 heavy (non-hydrogen) atoms. The summed E-state index contributed by atoms with van der Waals surface area (Å²) in [7, 11) is 0. The molecule has 1 saturated heterocycles. The van der Waals surface area contributed by atoms with Crippen LogP contribution in [0.15, 0.2) is 91.0 Å². The maximum absolute atomic E-state index is 13.2. The molecule has 5 heteroatoms. The molecule has 4 rings (SSSR count). The number of hydrogen-bond acceptors (Lipinski definition) is 3. The Bertz CT molecular complexity index is 1010. The number of nitrogens with zero attached hydrogens (tertiary/aromatic N) is 3. The summed E-state index contributed by atoms with van der Waals surface area (Å²) in [6, 6.07) is 31.4. The molecule has 1 aliphatic rings. The first-order valence-corrected chi connectivity index (χ1v) is 12.9. The van der Waals surface area contributed by atoms with E-state index in [9.17, 15) is 4.79 Å². The lowest BCUT2D eigenvalue weighted by Crippen LogP contribution is -2.62. The minimum absolute atomic E-state index is 0.00744. The Hall–Kier alpha value is -2.99. The number of amides is 1. The van der Waals surface area contributed by atoms with Gasteiger partial charge < -0.3 is 15.1 Å². The Kier molecular flexibility index (Phi) is 8.34. The molecule has 1 atom stereocenters. The fourth-order valence-corrected chi connectivity index (χ4v) is 5.57. The van der Waals surface area contributed by atoms with Crippen LogP contribution in [-0.2, 0) is 4.79 Å². The maximum atomic E-state index is 13.2. The Morgan fingerprint density at radius 2 is 1.34 bits per heavy atom. The molecule has 1 fully saturated rings. The van der Waals surface area contributed by atoms with Crippen molar-refractivity contribution in [2.75, 3.05) is 50.7 Å². The number of likely N-dealkylation sites (N-methyl/N-ethyl adjacent to an activating group) is 2. The largest absolute Gasteiger partial charge is 0.319 e. The van der Waals surface area contributed by atoms with Gasteiger partial charge in [0.15, 0.2) is 0 Å². The molecular weight excluding hydrogens is 432 g/mol. The van der Waals surface area contributed by atoms with Crippen LogP contribution in [0.5, 0.6) is 0 Å². The normalized spacial score (nSPS) is 16.7. The highest BCUT2D eigenvalue weighted by atomic mass is 16.2. The number of anilines is 1. The first-order chi connectivity index (χ1) is 17.1. The van der Waals surface area contributed by atoms with E-state index in [0.717, 1.165) is 42.9 Å². The molecule has 1 amide bonds. The van der Waals surface area contributed by atoms with E-state index in [1.807, 2.05) is 37.3 Å². The predicted molar refractivity (Wildman–Crippen MR) is 144 cm³/mol. The number of hydrogen-bond donors (Lipinski definition) is 1. The average Bonchev–Trinajstić information content (AvgIpc) is 2.92. The molecule has 5 nitrogen and oxygen atoms in total. The Balaban J connectivity index is 1.47. The molecular formula is C30H39N4O+. The van der Waals surface area contributed by atoms with Crippen LogP contribution in [0.2, 0.25) is 0 Å². The molecule has 0 saturated carbocycles. The summed E-state index contributed by atoms with van der Waals surface area (Å²) in [4.78, 5) is 17.3. The van der Waals surface area contributed by atoms with Gasteiger partial charge in [-0.05, 0) is 26.0 Å². The predicted octanol–water partition coefficient (Wildman–Crippen LogP) is 4.31. The number of carbonyl (C=O) groups excluding carboxylic acids is 1. The van der Waals surface area contributed by atoms with Gasteiger partial charge in [-0.2, -0.15) is 0 Å². The van der Waals surface area contributed by atoms with Crippen LogP contribution in [0.4, 0.5) is 5.69 Å². The van der Waals surface area contributed by atoms with Gasteiger partial charge in [-0.15, -0.1) is 0 Å². The number of para-hydroxylation sites is 1. The van der Waals surface area contributed by atoms with Crippen molar-refractivity contribution in [1.82, 2.24) is 4.90 Å². The lowest BCUT2D eigenvalue weighted by atomic mass is 9.93. The molecule has 1 unspecified atom stereocenters. The number of carbonyl (C=O) groups is 1. The van der Waals surface area contributed by atoms with Gasteiger partial charge in [0, 0.05) is 43.0 Å². The third kappa shape index (κ3) is 5.64. The Labute approximate surface area is 210 Å². The summed E-state index contributed by atoms with van der Waals surface area (Å²) in [5.41, 5.74) is 10.1. The Morgan fingerprint density at radius 1 is 0.857 bits per heavy atom. The fraction of sp³-hybridized carbons (Fsp3) is 0.367. The number of quaternary nitrogens is 1. The zero-order valence-electron chi connectivity index (χ0n) is 21.1. The topological polar surface area (TPSA) is 49.6 Å². The SMILES string of the molecule is CCN(C(=O)C(N)CN1CC[N+](CC)(C(c2ccccc2)c2ccccc2)CC1)c1ccccc1. The molecule has 0 aromatic heterocycles. The van der Waals surface area contributed by atoms with Gasteiger partial charge >= 0.3 is 0 Å². The molecule has 3 aromatic rings. The molecule has 1 aliphatic heterocycles. The molecule has 0 aliphatic carbocycles. The van der Waals surface area contributed by atoms with Gasteiger partial charge in [0.1, 0.15) is 6.04 Å². The van der Waals surface area contributed by atoms with Crippen LogP contribution in [0.25, 0.3) is 0 Å². The van der Waals surface area contributed by atoms with E-state index in [1.165, 1.54) is 11.1 Å². The van der Waals surface area contributed by atoms with Crippen molar-refractivity contribution in [2.45, 2.75) is 25.9 Å². The minimum Gasteiger partial charge on any atom is -0.319 e. The van der Waals surface area contributed by atoms with Crippen molar-refractivity contribution < 1.29 is 9.28 Å². The van der Waals surface area contributed by atoms with Crippen LogP contribution in [-0.4, -0.2) is 67.1 Å². The first kappa shape index (κ1) is 25.1. The van der Waals surface area contributed by atoms with Crippen LogP contribution < -0.4 is 10.6 Å². The van der Waals surface area contributed by atoms with Gasteiger partial charge in [-0.3, -0.25) is 9.69 Å². The van der Waals surface area contributed by atoms with Crippen LogP contribution >= 0.6 is 0 Å². The number of nitrogens with two attached hydrogens (primary N) is 1. The monoisotopic (exact) mass is 471 g/mol. The minimum atomic E-state index is -0.532. The van der Waals surface area contributed by atoms with E-state index in [1.54, 1.807) is 4.90 Å². The highest BCUT2D eigenvalue weighted by Crippen LogP contribution is 2.36. The van der Waals surface area contributed by atoms with Crippen molar-refractivity contribution in [1.29, 1.82) is 0 Å². The van der Waals surface area contributed by atoms with E-state index >= 15 is 0 Å². The van der Waals surface area contributed by atoms with Crippen molar-refractivity contribution in [3.63, 3.8) is 0 Å².